The van der Waals surface area contributed by atoms with Crippen LogP contribution in [0, 0.1) is 27.4 Å². The highest BCUT2D eigenvalue weighted by molar-refractivity contribution is 5.82. The molecule has 8 nitrogen and oxygen atoms in total. The number of nitrogens with zero attached hydrogens (tertiary/aromatic N) is 2. The summed E-state index contributed by atoms with van der Waals surface area (Å²) in [5, 5.41) is 22.5. The van der Waals surface area contributed by atoms with Crippen LogP contribution >= 0.6 is 0 Å². The van der Waals surface area contributed by atoms with Gasteiger partial charge in [0, 0.05) is 11.6 Å². The Morgan fingerprint density at radius 2 is 2.04 bits per heavy atom. The molecule has 1 amide bonds. The molecule has 0 bridgehead atoms. The Morgan fingerprint density at radius 3 is 2.58 bits per heavy atom. The molecule has 0 unspecified atom stereocenters. The second-order valence-electron chi connectivity index (χ2n) is 5.74. The van der Waals surface area contributed by atoms with Gasteiger partial charge in [-0.1, -0.05) is 32.0 Å². The third kappa shape index (κ3) is 5.05. The molecule has 1 N–H and O–H groups in total. The third-order valence-electron chi connectivity index (χ3n) is 3.67. The third-order valence-corrected chi connectivity index (χ3v) is 3.67. The summed E-state index contributed by atoms with van der Waals surface area (Å²) in [6.07, 6.45) is -0.315. The number of hydrogen-bond donors (Lipinski definition) is 1. The maximum Gasteiger partial charge on any atom is 0.311 e. The number of rotatable bonds is 7. The number of esters is 1. The zero-order valence-corrected chi connectivity index (χ0v) is 13.7. The number of amides is 1. The number of carbonyl (C=O) groups is 2. The second-order valence-corrected chi connectivity index (χ2v) is 5.74. The van der Waals surface area contributed by atoms with Gasteiger partial charge in [0.15, 0.2) is 6.61 Å². The Hall–Kier alpha value is -2.95. The Balaban J connectivity index is 2.60. The summed E-state index contributed by atoms with van der Waals surface area (Å²) in [4.78, 5) is 33.9. The first kappa shape index (κ1) is 19.1. The van der Waals surface area contributed by atoms with Crippen LogP contribution in [0.3, 0.4) is 0 Å². The number of nitriles is 1. The van der Waals surface area contributed by atoms with Crippen molar-refractivity contribution in [2.24, 2.45) is 5.92 Å². The van der Waals surface area contributed by atoms with Gasteiger partial charge in [0.1, 0.15) is 5.54 Å². The van der Waals surface area contributed by atoms with Crippen molar-refractivity contribution in [3.05, 3.63) is 39.9 Å². The fourth-order valence-electron chi connectivity index (χ4n) is 1.82. The summed E-state index contributed by atoms with van der Waals surface area (Å²) in [6, 6.07) is 7.81. The van der Waals surface area contributed by atoms with Crippen LogP contribution in [-0.4, -0.2) is 28.9 Å². The van der Waals surface area contributed by atoms with Crippen LogP contribution in [-0.2, 0) is 20.7 Å². The van der Waals surface area contributed by atoms with Gasteiger partial charge in [-0.3, -0.25) is 19.7 Å². The number of nitro benzene ring substituents is 1. The quantitative estimate of drug-likeness (QED) is 0.460. The molecule has 0 aliphatic heterocycles. The molecule has 0 fully saturated rings. The molecule has 24 heavy (non-hydrogen) atoms. The van der Waals surface area contributed by atoms with E-state index in [1.165, 1.54) is 18.2 Å². The summed E-state index contributed by atoms with van der Waals surface area (Å²) < 4.78 is 4.83. The molecule has 0 spiro atoms. The normalized spacial score (nSPS) is 12.8. The van der Waals surface area contributed by atoms with Crippen molar-refractivity contribution in [3.8, 4) is 6.07 Å². The maximum absolute atomic E-state index is 11.8. The highest BCUT2D eigenvalue weighted by Gasteiger charge is 2.30. The van der Waals surface area contributed by atoms with Crippen LogP contribution in [0.15, 0.2) is 24.3 Å². The minimum Gasteiger partial charge on any atom is -0.455 e. The van der Waals surface area contributed by atoms with E-state index < -0.39 is 28.9 Å². The number of nitrogens with one attached hydrogen (secondary N) is 1. The van der Waals surface area contributed by atoms with E-state index in [9.17, 15) is 19.7 Å². The van der Waals surface area contributed by atoms with Gasteiger partial charge in [0.05, 0.1) is 17.4 Å². The van der Waals surface area contributed by atoms with E-state index in [-0.39, 0.29) is 23.6 Å². The predicted octanol–water partition coefficient (Wildman–Crippen LogP) is 1.73. The van der Waals surface area contributed by atoms with E-state index in [1.54, 1.807) is 26.8 Å². The van der Waals surface area contributed by atoms with Gasteiger partial charge in [-0.15, -0.1) is 0 Å². The number of benzene rings is 1. The van der Waals surface area contributed by atoms with Crippen LogP contribution in [0.25, 0.3) is 0 Å². The molecule has 128 valence electrons. The molecule has 0 aromatic heterocycles. The lowest BCUT2D eigenvalue weighted by Crippen LogP contribution is -2.50. The number of nitro groups is 1. The molecule has 1 atom stereocenters. The second kappa shape index (κ2) is 8.06. The van der Waals surface area contributed by atoms with E-state index in [0.717, 1.165) is 0 Å². The molecule has 1 rings (SSSR count). The SMILES string of the molecule is CC(C)[C@](C)(C#N)NC(=O)COC(=O)Cc1ccccc1[N+](=O)[O-]. The minimum atomic E-state index is -1.07. The van der Waals surface area contributed by atoms with Gasteiger partial charge in [-0.2, -0.15) is 5.26 Å². The number of ether oxygens (including phenoxy) is 1. The van der Waals surface area contributed by atoms with Crippen LogP contribution in [0.2, 0.25) is 0 Å². The lowest BCUT2D eigenvalue weighted by Gasteiger charge is -2.27. The average Bonchev–Trinajstić information content (AvgIpc) is 2.53. The van der Waals surface area contributed by atoms with Crippen molar-refractivity contribution in [2.45, 2.75) is 32.7 Å². The van der Waals surface area contributed by atoms with Gasteiger partial charge in [-0.25, -0.2) is 0 Å². The Morgan fingerprint density at radius 1 is 1.42 bits per heavy atom. The van der Waals surface area contributed by atoms with E-state index >= 15 is 0 Å². The van der Waals surface area contributed by atoms with Gasteiger partial charge < -0.3 is 10.1 Å². The zero-order valence-electron chi connectivity index (χ0n) is 13.7. The van der Waals surface area contributed by atoms with Crippen molar-refractivity contribution in [2.75, 3.05) is 6.61 Å². The van der Waals surface area contributed by atoms with E-state index in [4.69, 9.17) is 10.00 Å². The Labute approximate surface area is 139 Å². The van der Waals surface area contributed by atoms with E-state index in [1.807, 2.05) is 6.07 Å². The fraction of sp³-hybridized carbons (Fsp3) is 0.438. The summed E-state index contributed by atoms with van der Waals surface area (Å²) in [5.41, 5.74) is -1.05. The Kier molecular flexibility index (Phi) is 6.41. The van der Waals surface area contributed by atoms with E-state index in [0.29, 0.717) is 0 Å². The molecule has 0 radical (unpaired) electrons. The lowest BCUT2D eigenvalue weighted by atomic mass is 9.90. The zero-order chi connectivity index (χ0) is 18.3. The lowest BCUT2D eigenvalue weighted by molar-refractivity contribution is -0.385. The molecular weight excluding hydrogens is 314 g/mol. The van der Waals surface area contributed by atoms with Gasteiger partial charge in [-0.05, 0) is 12.8 Å². The van der Waals surface area contributed by atoms with Gasteiger partial charge in [0.25, 0.3) is 11.6 Å². The molecule has 1 aromatic rings. The number of para-hydroxylation sites is 1. The largest absolute Gasteiger partial charge is 0.455 e. The highest BCUT2D eigenvalue weighted by Crippen LogP contribution is 2.18. The first-order valence-electron chi connectivity index (χ1n) is 7.29. The molecular formula is C16H19N3O5. The van der Waals surface area contributed by atoms with Crippen LogP contribution in [0.5, 0.6) is 0 Å². The molecule has 0 saturated heterocycles. The summed E-state index contributed by atoms with van der Waals surface area (Å²) in [7, 11) is 0. The number of hydrogen-bond acceptors (Lipinski definition) is 6. The molecule has 0 aliphatic rings. The topological polar surface area (TPSA) is 122 Å². The van der Waals surface area contributed by atoms with Crippen molar-refractivity contribution < 1.29 is 19.2 Å². The molecule has 0 saturated carbocycles. The first-order chi connectivity index (χ1) is 11.2. The van der Waals surface area contributed by atoms with Crippen molar-refractivity contribution in [1.82, 2.24) is 5.32 Å². The minimum absolute atomic E-state index is 0.130. The maximum atomic E-state index is 11.8. The summed E-state index contributed by atoms with van der Waals surface area (Å²) in [5.74, 6) is -1.50. The smallest absolute Gasteiger partial charge is 0.311 e. The van der Waals surface area contributed by atoms with E-state index in [2.05, 4.69) is 5.32 Å². The van der Waals surface area contributed by atoms with Crippen LogP contribution in [0.1, 0.15) is 26.3 Å². The summed E-state index contributed by atoms with van der Waals surface area (Å²) >= 11 is 0. The van der Waals surface area contributed by atoms with Crippen LogP contribution < -0.4 is 5.32 Å². The van der Waals surface area contributed by atoms with Crippen molar-refractivity contribution in [3.63, 3.8) is 0 Å². The highest BCUT2D eigenvalue weighted by atomic mass is 16.6. The van der Waals surface area contributed by atoms with Gasteiger partial charge >= 0.3 is 5.97 Å². The molecule has 8 heteroatoms. The standard InChI is InChI=1S/C16H19N3O5/c1-11(2)16(3,10-17)18-14(20)9-24-15(21)8-12-6-4-5-7-13(12)19(22)23/h4-7,11H,8-9H2,1-3H3,(H,18,20)/t16-/m0/s1. The molecule has 0 aliphatic carbocycles. The predicted molar refractivity (Wildman–Crippen MR) is 84.8 cm³/mol. The fourth-order valence-corrected chi connectivity index (χ4v) is 1.82. The molecule has 0 heterocycles. The molecule has 1 aromatic carbocycles. The average molecular weight is 333 g/mol. The van der Waals surface area contributed by atoms with Crippen molar-refractivity contribution in [1.29, 1.82) is 5.26 Å². The monoisotopic (exact) mass is 333 g/mol. The van der Waals surface area contributed by atoms with Crippen LogP contribution in [0.4, 0.5) is 5.69 Å². The van der Waals surface area contributed by atoms with Gasteiger partial charge in [0.2, 0.25) is 0 Å². The van der Waals surface area contributed by atoms with Crippen molar-refractivity contribution >= 4 is 17.6 Å². The Bertz CT molecular complexity index is 681. The summed E-state index contributed by atoms with van der Waals surface area (Å²) in [6.45, 7) is 4.59. The first-order valence-corrected chi connectivity index (χ1v) is 7.29. The number of carbonyl (C=O) groups excluding carboxylic acids is 2.